The first-order valence-corrected chi connectivity index (χ1v) is 7.56. The van der Waals surface area contributed by atoms with E-state index >= 15 is 0 Å². The van der Waals surface area contributed by atoms with Gasteiger partial charge in [-0.3, -0.25) is 0 Å². The van der Waals surface area contributed by atoms with Crippen molar-refractivity contribution in [2.24, 2.45) is 0 Å². The number of rotatable bonds is 3. The third-order valence-corrected chi connectivity index (χ3v) is 4.48. The fourth-order valence-corrected chi connectivity index (χ4v) is 3.31. The molecule has 1 fully saturated rings. The van der Waals surface area contributed by atoms with Gasteiger partial charge in [0.1, 0.15) is 5.60 Å². The van der Waals surface area contributed by atoms with Crippen LogP contribution in [0.5, 0.6) is 0 Å². The van der Waals surface area contributed by atoms with E-state index in [1.165, 1.54) is 0 Å². The number of benzene rings is 2. The first kappa shape index (κ1) is 14.1. The molecular formula is C18H14IO. The Hall–Kier alpha value is -0.870. The van der Waals surface area contributed by atoms with Crippen LogP contribution in [-0.4, -0.2) is 5.11 Å². The minimum atomic E-state index is -1.11. The van der Waals surface area contributed by atoms with Crippen LogP contribution in [0, 0.1) is 29.1 Å². The first-order valence-electron chi connectivity index (χ1n) is 6.48. The normalized spacial score (nSPS) is 17.5. The monoisotopic (exact) mass is 373 g/mol. The highest BCUT2D eigenvalue weighted by Crippen LogP contribution is 2.51. The van der Waals surface area contributed by atoms with Gasteiger partial charge in [-0.25, -0.2) is 0 Å². The lowest BCUT2D eigenvalue weighted by Crippen LogP contribution is -2.35. The molecule has 0 spiro atoms. The van der Waals surface area contributed by atoms with E-state index in [0.717, 1.165) is 21.0 Å². The van der Waals surface area contributed by atoms with Crippen LogP contribution in [0.2, 0.25) is 0 Å². The number of halogens is 1. The largest absolute Gasteiger partial charge is 0.380 e. The lowest BCUT2D eigenvalue weighted by molar-refractivity contribution is 0.104. The van der Waals surface area contributed by atoms with Crippen LogP contribution in [0.25, 0.3) is 0 Å². The topological polar surface area (TPSA) is 20.2 Å². The van der Waals surface area contributed by atoms with E-state index in [0.29, 0.717) is 0 Å². The fraction of sp³-hybridized carbons (Fsp3) is 0.0556. The molecule has 5 radical (unpaired) electrons. The van der Waals surface area contributed by atoms with Crippen molar-refractivity contribution in [1.29, 1.82) is 0 Å². The number of hydrogen-bond donors (Lipinski definition) is 1. The minimum Gasteiger partial charge on any atom is -0.380 e. The summed E-state index contributed by atoms with van der Waals surface area (Å²) < 4.78 is 1.07. The Balaban J connectivity index is 2.13. The van der Waals surface area contributed by atoms with Gasteiger partial charge < -0.3 is 5.11 Å². The predicted octanol–water partition coefficient (Wildman–Crippen LogP) is 4.09. The lowest BCUT2D eigenvalue weighted by atomic mass is 9.75. The van der Waals surface area contributed by atoms with Gasteiger partial charge in [-0.2, -0.15) is 0 Å². The van der Waals surface area contributed by atoms with Crippen molar-refractivity contribution in [3.63, 3.8) is 0 Å². The van der Waals surface area contributed by atoms with Gasteiger partial charge in [0.2, 0.25) is 0 Å². The summed E-state index contributed by atoms with van der Waals surface area (Å²) in [7, 11) is 0. The van der Waals surface area contributed by atoms with Crippen molar-refractivity contribution in [2.75, 3.05) is 0 Å². The van der Waals surface area contributed by atoms with Crippen LogP contribution >= 0.6 is 22.6 Å². The molecule has 1 aliphatic rings. The van der Waals surface area contributed by atoms with Crippen LogP contribution in [-0.2, 0) is 5.60 Å². The second-order valence-corrected chi connectivity index (χ2v) is 5.89. The van der Waals surface area contributed by atoms with E-state index in [2.05, 4.69) is 22.6 Å². The van der Waals surface area contributed by atoms with Gasteiger partial charge in [-0.1, -0.05) is 83.3 Å². The lowest BCUT2D eigenvalue weighted by Gasteiger charge is -2.36. The van der Waals surface area contributed by atoms with E-state index in [1.54, 1.807) is 0 Å². The van der Waals surface area contributed by atoms with E-state index in [9.17, 15) is 5.11 Å². The Morgan fingerprint density at radius 3 is 1.65 bits per heavy atom. The first-order chi connectivity index (χ1) is 9.73. The molecule has 0 aliphatic heterocycles. The smallest absolute Gasteiger partial charge is 0.123 e. The SMILES string of the molecule is OC([C]1[CH][CH][CH][C]1I)(c1ccccc1)c1ccccc1. The van der Waals surface area contributed by atoms with Gasteiger partial charge in [-0.05, 0) is 30.4 Å². The summed E-state index contributed by atoms with van der Waals surface area (Å²) in [6, 6.07) is 19.6. The van der Waals surface area contributed by atoms with Crippen molar-refractivity contribution in [3.8, 4) is 0 Å². The van der Waals surface area contributed by atoms with Crippen molar-refractivity contribution in [3.05, 3.63) is 101 Å². The summed E-state index contributed by atoms with van der Waals surface area (Å²) in [6.07, 6.45) is 5.99. The maximum atomic E-state index is 11.5. The Kier molecular flexibility index (Phi) is 4.13. The maximum Gasteiger partial charge on any atom is 0.123 e. The van der Waals surface area contributed by atoms with Crippen molar-refractivity contribution < 1.29 is 5.11 Å². The second-order valence-electron chi connectivity index (χ2n) is 4.73. The molecule has 20 heavy (non-hydrogen) atoms. The van der Waals surface area contributed by atoms with Crippen molar-refractivity contribution in [2.45, 2.75) is 5.60 Å². The molecule has 0 bridgehead atoms. The zero-order chi connectivity index (χ0) is 14.0. The van der Waals surface area contributed by atoms with Gasteiger partial charge in [0, 0.05) is 5.92 Å². The molecular weight excluding hydrogens is 359 g/mol. The molecule has 0 saturated heterocycles. The molecule has 99 valence electrons. The Labute approximate surface area is 134 Å². The molecule has 2 heteroatoms. The number of aliphatic hydroxyl groups is 1. The van der Waals surface area contributed by atoms with E-state index in [1.807, 2.05) is 79.9 Å². The summed E-state index contributed by atoms with van der Waals surface area (Å²) >= 11 is 2.27. The average Bonchev–Trinajstić information content (AvgIpc) is 2.95. The van der Waals surface area contributed by atoms with Crippen molar-refractivity contribution >= 4 is 22.6 Å². The third kappa shape index (κ3) is 2.40. The fourth-order valence-electron chi connectivity index (χ4n) is 2.53. The van der Waals surface area contributed by atoms with Gasteiger partial charge in [0.05, 0.1) is 3.92 Å². The van der Waals surface area contributed by atoms with E-state index in [-0.39, 0.29) is 0 Å². The number of hydrogen-bond acceptors (Lipinski definition) is 1. The summed E-state index contributed by atoms with van der Waals surface area (Å²) in [5, 5.41) is 11.5. The molecule has 0 unspecified atom stereocenters. The zero-order valence-corrected chi connectivity index (χ0v) is 13.0. The molecule has 1 aliphatic carbocycles. The molecule has 0 aromatic heterocycles. The highest BCUT2D eigenvalue weighted by molar-refractivity contribution is 14.1. The maximum absolute atomic E-state index is 11.5. The second kappa shape index (κ2) is 5.86. The molecule has 1 nitrogen and oxygen atoms in total. The van der Waals surface area contributed by atoms with E-state index < -0.39 is 5.60 Å². The van der Waals surface area contributed by atoms with Crippen LogP contribution < -0.4 is 0 Å². The molecule has 0 amide bonds. The van der Waals surface area contributed by atoms with E-state index in [4.69, 9.17) is 0 Å². The summed E-state index contributed by atoms with van der Waals surface area (Å²) in [5.74, 6) is 0.926. The average molecular weight is 373 g/mol. The quantitative estimate of drug-likeness (QED) is 0.804. The molecule has 2 aromatic carbocycles. The molecule has 1 N–H and O–H groups in total. The Bertz CT molecular complexity index is 513. The van der Waals surface area contributed by atoms with Crippen LogP contribution in [0.15, 0.2) is 60.7 Å². The summed E-state index contributed by atoms with van der Waals surface area (Å²) in [5.41, 5.74) is 0.661. The zero-order valence-electron chi connectivity index (χ0n) is 10.8. The van der Waals surface area contributed by atoms with Crippen LogP contribution in [0.1, 0.15) is 11.1 Å². The third-order valence-electron chi connectivity index (χ3n) is 3.54. The predicted molar refractivity (Wildman–Crippen MR) is 89.3 cm³/mol. The van der Waals surface area contributed by atoms with Gasteiger partial charge in [0.15, 0.2) is 0 Å². The molecule has 3 rings (SSSR count). The molecule has 1 saturated carbocycles. The highest BCUT2D eigenvalue weighted by atomic mass is 127. The van der Waals surface area contributed by atoms with Gasteiger partial charge >= 0.3 is 0 Å². The molecule has 2 aromatic rings. The van der Waals surface area contributed by atoms with Crippen molar-refractivity contribution in [1.82, 2.24) is 0 Å². The summed E-state index contributed by atoms with van der Waals surface area (Å²) in [4.78, 5) is 0. The highest BCUT2D eigenvalue weighted by Gasteiger charge is 2.46. The van der Waals surface area contributed by atoms with Gasteiger partial charge in [-0.15, -0.1) is 0 Å². The standard InChI is InChI=1S/C18H14IO/c19-17-13-7-12-16(17)18(20,14-8-3-1-4-9-14)15-10-5-2-6-11-15/h1-13,20H. The Morgan fingerprint density at radius 2 is 1.25 bits per heavy atom. The molecule has 0 heterocycles. The van der Waals surface area contributed by atoms with Crippen LogP contribution in [0.4, 0.5) is 0 Å². The molecule has 0 atom stereocenters. The Morgan fingerprint density at radius 1 is 0.750 bits per heavy atom. The van der Waals surface area contributed by atoms with Crippen LogP contribution in [0.3, 0.4) is 0 Å². The summed E-state index contributed by atoms with van der Waals surface area (Å²) in [6.45, 7) is 0. The minimum absolute atomic E-state index is 0.885. The van der Waals surface area contributed by atoms with Gasteiger partial charge in [0.25, 0.3) is 0 Å².